The largest absolute Gasteiger partial charge is 0.451 e. The zero-order chi connectivity index (χ0) is 17.9. The van der Waals surface area contributed by atoms with E-state index >= 15 is 0 Å². The molecule has 0 spiro atoms. The monoisotopic (exact) mass is 330 g/mol. The van der Waals surface area contributed by atoms with Crippen LogP contribution in [0.2, 0.25) is 0 Å². The Bertz CT molecular complexity index is 762. The van der Waals surface area contributed by atoms with Crippen LogP contribution in [0.5, 0.6) is 0 Å². The van der Waals surface area contributed by atoms with E-state index in [1.165, 1.54) is 0 Å². The van der Waals surface area contributed by atoms with Crippen molar-refractivity contribution in [2.75, 3.05) is 11.9 Å². The van der Waals surface area contributed by atoms with Gasteiger partial charge >= 0.3 is 5.97 Å². The van der Waals surface area contributed by atoms with Gasteiger partial charge < -0.3 is 20.1 Å². The molecule has 0 unspecified atom stereocenters. The van der Waals surface area contributed by atoms with E-state index in [9.17, 15) is 14.7 Å². The number of aromatic amines is 1. The third-order valence-electron chi connectivity index (χ3n) is 3.87. The van der Waals surface area contributed by atoms with Gasteiger partial charge in [0.25, 0.3) is 5.91 Å². The molecule has 2 aromatic rings. The van der Waals surface area contributed by atoms with Gasteiger partial charge in [0, 0.05) is 16.9 Å². The molecule has 128 valence electrons. The van der Waals surface area contributed by atoms with Crippen LogP contribution in [0.1, 0.15) is 45.9 Å². The Balaban J connectivity index is 2.00. The quantitative estimate of drug-likeness (QED) is 0.735. The summed E-state index contributed by atoms with van der Waals surface area (Å²) in [7, 11) is 0. The molecule has 2 rings (SSSR count). The fourth-order valence-electron chi connectivity index (χ4n) is 2.70. The maximum Gasteiger partial charge on any atom is 0.355 e. The maximum absolute atomic E-state index is 12.2. The highest BCUT2D eigenvalue weighted by atomic mass is 16.5. The molecule has 0 fully saturated rings. The summed E-state index contributed by atoms with van der Waals surface area (Å²) < 4.78 is 5.07. The number of aliphatic hydroxyl groups is 1. The van der Waals surface area contributed by atoms with E-state index in [-0.39, 0.29) is 12.3 Å². The molecule has 3 N–H and O–H groups in total. The summed E-state index contributed by atoms with van der Waals surface area (Å²) in [6.45, 7) is 6.64. The van der Waals surface area contributed by atoms with Crippen molar-refractivity contribution in [1.82, 2.24) is 4.98 Å². The zero-order valence-corrected chi connectivity index (χ0v) is 14.3. The van der Waals surface area contributed by atoms with Gasteiger partial charge in [-0.05, 0) is 44.9 Å². The van der Waals surface area contributed by atoms with E-state index in [0.29, 0.717) is 22.5 Å². The molecule has 6 nitrogen and oxygen atoms in total. The van der Waals surface area contributed by atoms with Crippen molar-refractivity contribution in [1.29, 1.82) is 0 Å². The normalized spacial score (nSPS) is 11.9. The van der Waals surface area contributed by atoms with Crippen LogP contribution in [0.4, 0.5) is 5.69 Å². The molecule has 1 amide bonds. The Kier molecular flexibility index (Phi) is 5.41. The molecule has 0 saturated heterocycles. The number of rotatable bonds is 5. The predicted molar refractivity (Wildman–Crippen MR) is 91.0 cm³/mol. The molecule has 0 bridgehead atoms. The SMILES string of the molecule is Cc1ccccc1NC(=O)COC(=O)c1[nH]c(C)c([C@H](C)O)c1C. The average molecular weight is 330 g/mol. The average Bonchev–Trinajstić information content (AvgIpc) is 2.82. The van der Waals surface area contributed by atoms with Crippen LogP contribution in [-0.2, 0) is 9.53 Å². The van der Waals surface area contributed by atoms with E-state index in [4.69, 9.17) is 4.74 Å². The highest BCUT2D eigenvalue weighted by molar-refractivity contribution is 5.96. The minimum atomic E-state index is -0.688. The first-order valence-electron chi connectivity index (χ1n) is 7.71. The summed E-state index contributed by atoms with van der Waals surface area (Å²) in [6, 6.07) is 7.35. The van der Waals surface area contributed by atoms with E-state index < -0.39 is 18.0 Å². The second-order valence-corrected chi connectivity index (χ2v) is 5.78. The van der Waals surface area contributed by atoms with Gasteiger partial charge in [0.2, 0.25) is 0 Å². The maximum atomic E-state index is 12.2. The molecule has 0 radical (unpaired) electrons. The number of anilines is 1. The standard InChI is InChI=1S/C18H22N2O4/c1-10-7-5-6-8-14(10)20-15(22)9-24-18(23)17-11(2)16(13(4)21)12(3)19-17/h5-8,13,19,21H,9H2,1-4H3,(H,20,22)/t13-/m0/s1. The molecule has 0 aliphatic rings. The lowest BCUT2D eigenvalue weighted by Gasteiger charge is -2.09. The number of amides is 1. The number of benzene rings is 1. The van der Waals surface area contributed by atoms with Gasteiger partial charge in [0.1, 0.15) is 5.69 Å². The number of esters is 1. The molecule has 6 heteroatoms. The van der Waals surface area contributed by atoms with Crippen molar-refractivity contribution in [3.63, 3.8) is 0 Å². The van der Waals surface area contributed by atoms with E-state index in [0.717, 1.165) is 5.56 Å². The molecule has 24 heavy (non-hydrogen) atoms. The number of ether oxygens (including phenoxy) is 1. The number of carbonyl (C=O) groups is 2. The highest BCUT2D eigenvalue weighted by Gasteiger charge is 2.21. The smallest absolute Gasteiger partial charge is 0.355 e. The third kappa shape index (κ3) is 3.83. The Morgan fingerprint density at radius 3 is 2.50 bits per heavy atom. The lowest BCUT2D eigenvalue weighted by atomic mass is 10.1. The first-order chi connectivity index (χ1) is 11.3. The second-order valence-electron chi connectivity index (χ2n) is 5.78. The van der Waals surface area contributed by atoms with E-state index in [2.05, 4.69) is 10.3 Å². The van der Waals surface area contributed by atoms with Gasteiger partial charge in [0.05, 0.1) is 6.10 Å². The molecule has 1 aromatic heterocycles. The van der Waals surface area contributed by atoms with Crippen molar-refractivity contribution < 1.29 is 19.4 Å². The first kappa shape index (κ1) is 17.7. The summed E-state index contributed by atoms with van der Waals surface area (Å²) in [6.07, 6.45) is -0.688. The number of hydrogen-bond acceptors (Lipinski definition) is 4. The molecule has 1 atom stereocenters. The molecule has 1 aromatic carbocycles. The van der Waals surface area contributed by atoms with Crippen LogP contribution in [-0.4, -0.2) is 28.6 Å². The number of H-pyrrole nitrogens is 1. The fraction of sp³-hybridized carbons (Fsp3) is 0.333. The number of aromatic nitrogens is 1. The highest BCUT2D eigenvalue weighted by Crippen LogP contribution is 2.24. The minimum absolute atomic E-state index is 0.257. The molecule has 0 saturated carbocycles. The van der Waals surface area contributed by atoms with Crippen molar-refractivity contribution in [3.8, 4) is 0 Å². The minimum Gasteiger partial charge on any atom is -0.451 e. The number of carbonyl (C=O) groups excluding carboxylic acids is 2. The topological polar surface area (TPSA) is 91.4 Å². The Hall–Kier alpha value is -2.60. The Morgan fingerprint density at radius 1 is 1.25 bits per heavy atom. The lowest BCUT2D eigenvalue weighted by molar-refractivity contribution is -0.119. The number of aryl methyl sites for hydroxylation is 2. The van der Waals surface area contributed by atoms with Crippen molar-refractivity contribution in [2.24, 2.45) is 0 Å². The summed E-state index contributed by atoms with van der Waals surface area (Å²) in [5.41, 5.74) is 3.88. The van der Waals surface area contributed by atoms with Crippen molar-refractivity contribution in [3.05, 3.63) is 52.3 Å². The summed E-state index contributed by atoms with van der Waals surface area (Å²) in [5, 5.41) is 12.5. The van der Waals surface area contributed by atoms with Gasteiger partial charge in [-0.2, -0.15) is 0 Å². The lowest BCUT2D eigenvalue weighted by Crippen LogP contribution is -2.21. The number of para-hydroxylation sites is 1. The molecular formula is C18H22N2O4. The zero-order valence-electron chi connectivity index (χ0n) is 14.3. The summed E-state index contributed by atoms with van der Waals surface area (Å²) in [4.78, 5) is 27.0. The predicted octanol–water partition coefficient (Wildman–Crippen LogP) is 2.79. The van der Waals surface area contributed by atoms with Gasteiger partial charge in [-0.15, -0.1) is 0 Å². The second kappa shape index (κ2) is 7.31. The number of nitrogens with one attached hydrogen (secondary N) is 2. The Morgan fingerprint density at radius 2 is 1.92 bits per heavy atom. The number of aliphatic hydroxyl groups excluding tert-OH is 1. The van der Waals surface area contributed by atoms with Crippen LogP contribution >= 0.6 is 0 Å². The first-order valence-corrected chi connectivity index (χ1v) is 7.71. The van der Waals surface area contributed by atoms with Gasteiger partial charge in [-0.25, -0.2) is 4.79 Å². The van der Waals surface area contributed by atoms with E-state index in [1.54, 1.807) is 26.8 Å². The molecule has 0 aliphatic heterocycles. The van der Waals surface area contributed by atoms with Gasteiger partial charge in [-0.3, -0.25) is 4.79 Å². The van der Waals surface area contributed by atoms with Crippen LogP contribution in [0.25, 0.3) is 0 Å². The van der Waals surface area contributed by atoms with Gasteiger partial charge in [0.15, 0.2) is 6.61 Å². The number of hydrogen-bond donors (Lipinski definition) is 3. The third-order valence-corrected chi connectivity index (χ3v) is 3.87. The molecule has 0 aliphatic carbocycles. The van der Waals surface area contributed by atoms with E-state index in [1.807, 2.05) is 25.1 Å². The van der Waals surface area contributed by atoms with Crippen molar-refractivity contribution >= 4 is 17.6 Å². The fourth-order valence-corrected chi connectivity index (χ4v) is 2.70. The van der Waals surface area contributed by atoms with Gasteiger partial charge in [-0.1, -0.05) is 18.2 Å². The summed E-state index contributed by atoms with van der Waals surface area (Å²) in [5.74, 6) is -1.03. The van der Waals surface area contributed by atoms with Crippen LogP contribution < -0.4 is 5.32 Å². The molecule has 1 heterocycles. The van der Waals surface area contributed by atoms with Crippen LogP contribution in [0.3, 0.4) is 0 Å². The van der Waals surface area contributed by atoms with Crippen LogP contribution in [0, 0.1) is 20.8 Å². The van der Waals surface area contributed by atoms with Crippen molar-refractivity contribution in [2.45, 2.75) is 33.8 Å². The Labute approximate surface area is 140 Å². The molecular weight excluding hydrogens is 308 g/mol. The van der Waals surface area contributed by atoms with Crippen LogP contribution in [0.15, 0.2) is 24.3 Å². The summed E-state index contributed by atoms with van der Waals surface area (Å²) >= 11 is 0.